The van der Waals surface area contributed by atoms with Gasteiger partial charge in [0, 0.05) is 0 Å². The smallest absolute Gasteiger partial charge is 0.0687 e. The van der Waals surface area contributed by atoms with E-state index in [0.717, 1.165) is 12.5 Å². The minimum absolute atomic E-state index is 0.318. The zero-order valence-electron chi connectivity index (χ0n) is 13.0. The predicted molar refractivity (Wildman–Crippen MR) is 81.5 cm³/mol. The van der Waals surface area contributed by atoms with Crippen molar-refractivity contribution >= 4 is 0 Å². The van der Waals surface area contributed by atoms with E-state index in [9.17, 15) is 0 Å². The van der Waals surface area contributed by atoms with E-state index >= 15 is 0 Å². The SMILES string of the molecule is CCCNCC(CCC)CC1CCC2(CCCC2)O1. The standard InChI is InChI=1S/C17H33NO/c1-3-7-15(14-18-12-4-2)13-16-8-11-17(19-16)9-5-6-10-17/h15-16,18H,3-14H2,1-2H3. The van der Waals surface area contributed by atoms with Crippen molar-refractivity contribution in [1.29, 1.82) is 0 Å². The van der Waals surface area contributed by atoms with E-state index in [1.807, 2.05) is 0 Å². The molecule has 2 nitrogen and oxygen atoms in total. The average molecular weight is 267 g/mol. The lowest BCUT2D eigenvalue weighted by molar-refractivity contribution is -0.0445. The van der Waals surface area contributed by atoms with Crippen molar-refractivity contribution in [2.75, 3.05) is 13.1 Å². The zero-order chi connectivity index (χ0) is 13.6. The summed E-state index contributed by atoms with van der Waals surface area (Å²) >= 11 is 0. The Morgan fingerprint density at radius 1 is 1.16 bits per heavy atom. The van der Waals surface area contributed by atoms with Crippen LogP contribution in [0.1, 0.15) is 78.1 Å². The van der Waals surface area contributed by atoms with Crippen LogP contribution in [-0.4, -0.2) is 24.8 Å². The van der Waals surface area contributed by atoms with Gasteiger partial charge in [-0.3, -0.25) is 0 Å². The first-order valence-corrected chi connectivity index (χ1v) is 8.66. The predicted octanol–water partition coefficient (Wildman–Crippen LogP) is 4.28. The molecule has 1 spiro atoms. The fourth-order valence-corrected chi connectivity index (χ4v) is 4.01. The van der Waals surface area contributed by atoms with Crippen LogP contribution in [-0.2, 0) is 4.74 Å². The third-order valence-electron chi connectivity index (χ3n) is 5.01. The second-order valence-electron chi connectivity index (χ2n) is 6.76. The van der Waals surface area contributed by atoms with E-state index in [2.05, 4.69) is 19.2 Å². The largest absolute Gasteiger partial charge is 0.372 e. The van der Waals surface area contributed by atoms with E-state index < -0.39 is 0 Å². The fourth-order valence-electron chi connectivity index (χ4n) is 4.01. The molecule has 0 radical (unpaired) electrons. The maximum Gasteiger partial charge on any atom is 0.0687 e. The molecular formula is C17H33NO. The van der Waals surface area contributed by atoms with Gasteiger partial charge in [0.05, 0.1) is 11.7 Å². The number of hydrogen-bond acceptors (Lipinski definition) is 2. The van der Waals surface area contributed by atoms with Crippen molar-refractivity contribution in [1.82, 2.24) is 5.32 Å². The number of rotatable bonds is 8. The summed E-state index contributed by atoms with van der Waals surface area (Å²) in [4.78, 5) is 0. The molecule has 0 bridgehead atoms. The molecule has 19 heavy (non-hydrogen) atoms. The Labute approximate surface area is 119 Å². The summed E-state index contributed by atoms with van der Waals surface area (Å²) in [6.45, 7) is 6.90. The van der Waals surface area contributed by atoms with Gasteiger partial charge in [0.1, 0.15) is 0 Å². The Kier molecular flexibility index (Phi) is 6.15. The first-order valence-electron chi connectivity index (χ1n) is 8.66. The van der Waals surface area contributed by atoms with Crippen LogP contribution in [0.2, 0.25) is 0 Å². The molecule has 2 atom stereocenters. The van der Waals surface area contributed by atoms with Gasteiger partial charge in [-0.25, -0.2) is 0 Å². The molecule has 2 aliphatic rings. The van der Waals surface area contributed by atoms with E-state index in [-0.39, 0.29) is 0 Å². The van der Waals surface area contributed by atoms with Gasteiger partial charge in [-0.15, -0.1) is 0 Å². The van der Waals surface area contributed by atoms with Crippen LogP contribution in [0.25, 0.3) is 0 Å². The summed E-state index contributed by atoms with van der Waals surface area (Å²) < 4.78 is 6.47. The molecule has 2 fully saturated rings. The van der Waals surface area contributed by atoms with Gasteiger partial charge >= 0.3 is 0 Å². The van der Waals surface area contributed by atoms with Crippen LogP contribution in [0, 0.1) is 5.92 Å². The highest BCUT2D eigenvalue weighted by molar-refractivity contribution is 4.93. The topological polar surface area (TPSA) is 21.3 Å². The van der Waals surface area contributed by atoms with Gasteiger partial charge in [-0.2, -0.15) is 0 Å². The van der Waals surface area contributed by atoms with Crippen LogP contribution in [0.5, 0.6) is 0 Å². The molecule has 1 saturated carbocycles. The summed E-state index contributed by atoms with van der Waals surface area (Å²) in [6, 6.07) is 0. The normalized spacial score (nSPS) is 27.2. The summed E-state index contributed by atoms with van der Waals surface area (Å²) in [5, 5.41) is 3.60. The number of hydrogen-bond donors (Lipinski definition) is 1. The van der Waals surface area contributed by atoms with E-state index in [4.69, 9.17) is 4.74 Å². The maximum atomic E-state index is 6.47. The monoisotopic (exact) mass is 267 g/mol. The lowest BCUT2D eigenvalue weighted by Crippen LogP contribution is -2.29. The number of nitrogens with one attached hydrogen (secondary N) is 1. The van der Waals surface area contributed by atoms with E-state index in [0.29, 0.717) is 11.7 Å². The lowest BCUT2D eigenvalue weighted by atomic mass is 9.94. The van der Waals surface area contributed by atoms with Crippen molar-refractivity contribution in [3.8, 4) is 0 Å². The quantitative estimate of drug-likeness (QED) is 0.663. The zero-order valence-corrected chi connectivity index (χ0v) is 13.0. The Bertz CT molecular complexity index is 248. The highest BCUT2D eigenvalue weighted by Crippen LogP contribution is 2.44. The molecule has 1 heterocycles. The van der Waals surface area contributed by atoms with Gasteiger partial charge in [0.25, 0.3) is 0 Å². The molecule has 1 aliphatic heterocycles. The van der Waals surface area contributed by atoms with Gasteiger partial charge in [0.15, 0.2) is 0 Å². The van der Waals surface area contributed by atoms with Crippen molar-refractivity contribution in [2.45, 2.75) is 89.8 Å². The minimum atomic E-state index is 0.318. The first-order chi connectivity index (χ1) is 9.28. The number of ether oxygens (including phenoxy) is 1. The lowest BCUT2D eigenvalue weighted by Gasteiger charge is -2.26. The molecule has 1 aliphatic carbocycles. The minimum Gasteiger partial charge on any atom is -0.372 e. The third kappa shape index (κ3) is 4.46. The van der Waals surface area contributed by atoms with Crippen LogP contribution >= 0.6 is 0 Å². The molecule has 2 heteroatoms. The Hall–Kier alpha value is -0.0800. The van der Waals surface area contributed by atoms with Crippen LogP contribution < -0.4 is 5.32 Å². The van der Waals surface area contributed by atoms with Gasteiger partial charge in [0.2, 0.25) is 0 Å². The summed E-state index contributed by atoms with van der Waals surface area (Å²) in [7, 11) is 0. The summed E-state index contributed by atoms with van der Waals surface area (Å²) in [5.74, 6) is 0.818. The van der Waals surface area contributed by atoms with Crippen LogP contribution in [0.3, 0.4) is 0 Å². The second kappa shape index (κ2) is 7.64. The maximum absolute atomic E-state index is 6.47. The molecule has 2 unspecified atom stereocenters. The molecule has 0 amide bonds. The van der Waals surface area contributed by atoms with Crippen molar-refractivity contribution in [3.63, 3.8) is 0 Å². The summed E-state index contributed by atoms with van der Waals surface area (Å²) in [5.41, 5.74) is 0.318. The summed E-state index contributed by atoms with van der Waals surface area (Å²) in [6.07, 6.45) is 13.8. The second-order valence-corrected chi connectivity index (χ2v) is 6.76. The molecule has 2 rings (SSSR count). The Balaban J connectivity index is 1.74. The molecule has 0 aromatic heterocycles. The first kappa shape index (κ1) is 15.3. The van der Waals surface area contributed by atoms with Gasteiger partial charge in [-0.1, -0.05) is 33.1 Å². The third-order valence-corrected chi connectivity index (χ3v) is 5.01. The molecule has 0 aromatic carbocycles. The van der Waals surface area contributed by atoms with E-state index in [1.54, 1.807) is 0 Å². The van der Waals surface area contributed by atoms with Gasteiger partial charge < -0.3 is 10.1 Å². The highest BCUT2D eigenvalue weighted by Gasteiger charge is 2.42. The molecule has 0 aromatic rings. The highest BCUT2D eigenvalue weighted by atomic mass is 16.5. The molecule has 1 N–H and O–H groups in total. The van der Waals surface area contributed by atoms with Gasteiger partial charge in [-0.05, 0) is 64.0 Å². The Morgan fingerprint density at radius 2 is 1.95 bits per heavy atom. The average Bonchev–Trinajstić information content (AvgIpc) is 3.01. The Morgan fingerprint density at radius 3 is 2.63 bits per heavy atom. The van der Waals surface area contributed by atoms with E-state index in [1.165, 1.54) is 70.8 Å². The van der Waals surface area contributed by atoms with Crippen molar-refractivity contribution in [3.05, 3.63) is 0 Å². The van der Waals surface area contributed by atoms with Crippen molar-refractivity contribution in [2.24, 2.45) is 5.92 Å². The fraction of sp³-hybridized carbons (Fsp3) is 1.00. The van der Waals surface area contributed by atoms with Crippen LogP contribution in [0.15, 0.2) is 0 Å². The molecule has 112 valence electrons. The van der Waals surface area contributed by atoms with Crippen molar-refractivity contribution < 1.29 is 4.74 Å². The molecular weight excluding hydrogens is 234 g/mol. The van der Waals surface area contributed by atoms with Crippen LogP contribution in [0.4, 0.5) is 0 Å². The molecule has 1 saturated heterocycles.